The lowest BCUT2D eigenvalue weighted by Gasteiger charge is -2.16. The minimum absolute atomic E-state index is 0.179. The quantitative estimate of drug-likeness (QED) is 0.647. The molecule has 0 aliphatic heterocycles. The van der Waals surface area contributed by atoms with Gasteiger partial charge in [-0.1, -0.05) is 0 Å². The fraction of sp³-hybridized carbons (Fsp3) is 0.188. The van der Waals surface area contributed by atoms with Crippen LogP contribution in [0.1, 0.15) is 10.5 Å². The van der Waals surface area contributed by atoms with Gasteiger partial charge in [-0.3, -0.25) is 9.78 Å². The zero-order valence-electron chi connectivity index (χ0n) is 13.9. The average molecular weight is 356 g/mol. The first-order valence-electron chi connectivity index (χ1n) is 7.35. The maximum Gasteiger partial charge on any atom is 0.276 e. The maximum atomic E-state index is 12.7. The molecule has 0 unspecified atom stereocenters. The number of ether oxygens (including phenoxy) is 1. The van der Waals surface area contributed by atoms with Crippen molar-refractivity contribution in [2.75, 3.05) is 19.1 Å². The van der Waals surface area contributed by atoms with E-state index in [0.29, 0.717) is 27.6 Å². The Morgan fingerprint density at radius 2 is 2.08 bits per heavy atom. The number of rotatable bonds is 5. The first-order chi connectivity index (χ1) is 12.1. The van der Waals surface area contributed by atoms with Crippen molar-refractivity contribution in [2.24, 2.45) is 7.05 Å². The van der Waals surface area contributed by atoms with E-state index in [1.54, 1.807) is 56.5 Å². The third kappa shape index (κ3) is 3.61. The summed E-state index contributed by atoms with van der Waals surface area (Å²) >= 11 is 1.26. The highest BCUT2D eigenvalue weighted by atomic mass is 32.2. The third-order valence-electron chi connectivity index (χ3n) is 3.50. The number of pyridine rings is 1. The van der Waals surface area contributed by atoms with Gasteiger partial charge < -0.3 is 14.2 Å². The molecule has 0 atom stereocenters. The van der Waals surface area contributed by atoms with Crippen molar-refractivity contribution in [3.8, 4) is 5.88 Å². The lowest BCUT2D eigenvalue weighted by molar-refractivity contribution is 0.0984. The van der Waals surface area contributed by atoms with Gasteiger partial charge in [0.25, 0.3) is 5.91 Å². The highest BCUT2D eigenvalue weighted by molar-refractivity contribution is 7.99. The Labute approximate surface area is 148 Å². The van der Waals surface area contributed by atoms with Gasteiger partial charge in [-0.2, -0.15) is 4.98 Å². The van der Waals surface area contributed by atoms with Gasteiger partial charge in [-0.25, -0.2) is 9.97 Å². The predicted molar refractivity (Wildman–Crippen MR) is 92.9 cm³/mol. The van der Waals surface area contributed by atoms with Crippen LogP contribution in [-0.2, 0) is 7.05 Å². The molecular formula is C16H16N6O2S. The Bertz CT molecular complexity index is 883. The minimum atomic E-state index is -0.179. The van der Waals surface area contributed by atoms with Crippen LogP contribution in [0.5, 0.6) is 5.88 Å². The van der Waals surface area contributed by atoms with Gasteiger partial charge >= 0.3 is 0 Å². The zero-order valence-corrected chi connectivity index (χ0v) is 14.8. The fourth-order valence-corrected chi connectivity index (χ4v) is 2.85. The summed E-state index contributed by atoms with van der Waals surface area (Å²) in [4.78, 5) is 31.0. The molecule has 0 aromatic carbocycles. The molecule has 0 bridgehead atoms. The van der Waals surface area contributed by atoms with Crippen LogP contribution in [0.2, 0.25) is 0 Å². The molecule has 3 aromatic rings. The molecule has 9 heteroatoms. The lowest BCUT2D eigenvalue weighted by Crippen LogP contribution is -2.28. The Kier molecular flexibility index (Phi) is 4.94. The first-order valence-corrected chi connectivity index (χ1v) is 8.16. The number of hydrogen-bond donors (Lipinski definition) is 0. The van der Waals surface area contributed by atoms with Gasteiger partial charge in [0.2, 0.25) is 5.88 Å². The molecule has 3 rings (SSSR count). The lowest BCUT2D eigenvalue weighted by atomic mass is 10.3. The second kappa shape index (κ2) is 7.31. The molecule has 0 aliphatic rings. The number of anilines is 1. The van der Waals surface area contributed by atoms with E-state index in [1.807, 2.05) is 6.07 Å². The second-order valence-electron chi connectivity index (χ2n) is 5.04. The maximum absolute atomic E-state index is 12.7. The number of nitrogens with zero attached hydrogens (tertiary/aromatic N) is 6. The summed E-state index contributed by atoms with van der Waals surface area (Å²) in [7, 11) is 5.02. The van der Waals surface area contributed by atoms with Crippen LogP contribution in [-0.4, -0.2) is 44.6 Å². The Balaban J connectivity index is 1.82. The van der Waals surface area contributed by atoms with E-state index >= 15 is 0 Å². The zero-order chi connectivity index (χ0) is 17.8. The highest BCUT2D eigenvalue weighted by Crippen LogP contribution is 2.25. The molecule has 25 heavy (non-hydrogen) atoms. The van der Waals surface area contributed by atoms with Crippen molar-refractivity contribution >= 4 is 23.4 Å². The normalized spacial score (nSPS) is 10.5. The van der Waals surface area contributed by atoms with Crippen LogP contribution in [0.15, 0.2) is 53.3 Å². The monoisotopic (exact) mass is 356 g/mol. The summed E-state index contributed by atoms with van der Waals surface area (Å²) in [5.74, 6) is 0.292. The molecule has 3 aromatic heterocycles. The van der Waals surface area contributed by atoms with Gasteiger partial charge in [-0.05, 0) is 23.9 Å². The largest absolute Gasteiger partial charge is 0.481 e. The van der Waals surface area contributed by atoms with Crippen LogP contribution < -0.4 is 9.64 Å². The van der Waals surface area contributed by atoms with E-state index in [0.717, 1.165) is 0 Å². The van der Waals surface area contributed by atoms with Crippen molar-refractivity contribution < 1.29 is 9.53 Å². The van der Waals surface area contributed by atoms with Crippen LogP contribution in [0, 0.1) is 0 Å². The number of aromatic nitrogens is 5. The van der Waals surface area contributed by atoms with Crippen molar-refractivity contribution in [2.45, 2.75) is 10.3 Å². The molecule has 128 valence electrons. The number of carbonyl (C=O) groups is 1. The summed E-state index contributed by atoms with van der Waals surface area (Å²) in [6, 6.07) is 5.27. The fourth-order valence-electron chi connectivity index (χ4n) is 2.10. The van der Waals surface area contributed by atoms with E-state index in [4.69, 9.17) is 4.74 Å². The van der Waals surface area contributed by atoms with Crippen LogP contribution in [0.3, 0.4) is 0 Å². The summed E-state index contributed by atoms with van der Waals surface area (Å²) in [6.07, 6.45) is 6.44. The molecule has 3 heterocycles. The molecule has 8 nitrogen and oxygen atoms in total. The van der Waals surface area contributed by atoms with E-state index < -0.39 is 0 Å². The molecule has 1 amide bonds. The van der Waals surface area contributed by atoms with E-state index in [-0.39, 0.29) is 5.91 Å². The van der Waals surface area contributed by atoms with Crippen molar-refractivity contribution in [3.05, 3.63) is 48.7 Å². The smallest absolute Gasteiger partial charge is 0.276 e. The summed E-state index contributed by atoms with van der Waals surface area (Å²) in [5.41, 5.74) is 1.16. The van der Waals surface area contributed by atoms with Crippen molar-refractivity contribution in [1.82, 2.24) is 24.5 Å². The van der Waals surface area contributed by atoms with E-state index in [9.17, 15) is 4.79 Å². The second-order valence-corrected chi connectivity index (χ2v) is 5.98. The number of hydrogen-bond acceptors (Lipinski definition) is 7. The molecular weight excluding hydrogens is 340 g/mol. The van der Waals surface area contributed by atoms with Crippen molar-refractivity contribution in [1.29, 1.82) is 0 Å². The Morgan fingerprint density at radius 3 is 2.80 bits per heavy atom. The number of amides is 1. The number of methoxy groups -OCH3 is 1. The van der Waals surface area contributed by atoms with Gasteiger partial charge in [0, 0.05) is 32.6 Å². The SMILES string of the molecule is COc1ccnc(Sc2ncc(C(=O)N(C)c3cccnc3)n2C)n1. The summed E-state index contributed by atoms with van der Waals surface area (Å²) < 4.78 is 6.80. The van der Waals surface area contributed by atoms with Crippen molar-refractivity contribution in [3.63, 3.8) is 0 Å². The average Bonchev–Trinajstić information content (AvgIpc) is 3.02. The number of carbonyl (C=O) groups excluding carboxylic acids is 1. The van der Waals surface area contributed by atoms with Crippen LogP contribution >= 0.6 is 11.8 Å². The molecule has 0 aliphatic carbocycles. The Hall–Kier alpha value is -2.94. The van der Waals surface area contributed by atoms with Gasteiger partial charge in [0.1, 0.15) is 5.69 Å². The highest BCUT2D eigenvalue weighted by Gasteiger charge is 2.20. The number of imidazole rings is 1. The van der Waals surface area contributed by atoms with Crippen LogP contribution in [0.25, 0.3) is 0 Å². The third-order valence-corrected chi connectivity index (χ3v) is 4.44. The molecule has 0 spiro atoms. The summed E-state index contributed by atoms with van der Waals surface area (Å²) in [6.45, 7) is 0. The minimum Gasteiger partial charge on any atom is -0.481 e. The summed E-state index contributed by atoms with van der Waals surface area (Å²) in [5, 5.41) is 1.10. The standard InChI is InChI=1S/C16H16N6O2S/c1-21(11-5-4-7-17-9-11)14(23)12-10-19-16(22(12)2)25-15-18-8-6-13(20-15)24-3/h4-10H,1-3H3. The van der Waals surface area contributed by atoms with Gasteiger partial charge in [0.15, 0.2) is 10.3 Å². The molecule has 0 saturated heterocycles. The Morgan fingerprint density at radius 1 is 1.24 bits per heavy atom. The molecule has 0 N–H and O–H groups in total. The van der Waals surface area contributed by atoms with Gasteiger partial charge in [0.05, 0.1) is 25.2 Å². The topological polar surface area (TPSA) is 86.0 Å². The van der Waals surface area contributed by atoms with Gasteiger partial charge in [-0.15, -0.1) is 0 Å². The van der Waals surface area contributed by atoms with Crippen LogP contribution in [0.4, 0.5) is 5.69 Å². The van der Waals surface area contributed by atoms with E-state index in [2.05, 4.69) is 19.9 Å². The van der Waals surface area contributed by atoms with E-state index in [1.165, 1.54) is 22.9 Å². The predicted octanol–water partition coefficient (Wildman–Crippen LogP) is 2.04. The molecule has 0 radical (unpaired) electrons. The molecule has 0 fully saturated rings. The first kappa shape index (κ1) is 16.9. The molecule has 0 saturated carbocycles.